The molecule has 0 fully saturated rings. The van der Waals surface area contributed by atoms with Crippen molar-refractivity contribution in [3.05, 3.63) is 29.3 Å². The molecule has 0 heterocycles. The Morgan fingerprint density at radius 3 is 2.60 bits per heavy atom. The summed E-state index contributed by atoms with van der Waals surface area (Å²) in [5.41, 5.74) is 1.68. The van der Waals surface area contributed by atoms with Crippen molar-refractivity contribution in [2.75, 3.05) is 39.1 Å². The van der Waals surface area contributed by atoms with Gasteiger partial charge in [-0.05, 0) is 38.7 Å². The predicted octanol–water partition coefficient (Wildman–Crippen LogP) is 4.05. The van der Waals surface area contributed by atoms with Crippen molar-refractivity contribution < 1.29 is 9.53 Å². The molecule has 0 aliphatic carbocycles. The average molecular weight is 345 g/mol. The Hall–Kier alpha value is -2.06. The van der Waals surface area contributed by atoms with Crippen LogP contribution in [0.25, 0.3) is 0 Å². The van der Waals surface area contributed by atoms with Gasteiger partial charge in [-0.15, -0.1) is 0 Å². The zero-order valence-electron chi connectivity index (χ0n) is 15.8. The summed E-state index contributed by atoms with van der Waals surface area (Å²) in [5, 5.41) is 12.6. The molecule has 0 radical (unpaired) electrons. The Labute approximate surface area is 152 Å². The molecule has 1 aromatic rings. The van der Waals surface area contributed by atoms with E-state index < -0.39 is 0 Å². The van der Waals surface area contributed by atoms with Crippen LogP contribution < -0.4 is 5.32 Å². The number of ether oxygens (including phenoxy) is 1. The topological polar surface area (TPSA) is 65.4 Å². The molecule has 0 spiro atoms. The van der Waals surface area contributed by atoms with Crippen LogP contribution in [0.3, 0.4) is 0 Å². The SMILES string of the molecule is CCCCCCCCNc1ccc(C(=O)OCCN(C)C)cc1C#N. The zero-order chi connectivity index (χ0) is 18.5. The van der Waals surface area contributed by atoms with E-state index in [9.17, 15) is 10.1 Å². The van der Waals surface area contributed by atoms with E-state index in [0.717, 1.165) is 18.7 Å². The molecule has 1 N–H and O–H groups in total. The molecule has 5 nitrogen and oxygen atoms in total. The molecule has 138 valence electrons. The monoisotopic (exact) mass is 345 g/mol. The number of anilines is 1. The largest absolute Gasteiger partial charge is 0.461 e. The number of hydrogen-bond donors (Lipinski definition) is 1. The highest BCUT2D eigenvalue weighted by atomic mass is 16.5. The second-order valence-corrected chi connectivity index (χ2v) is 6.51. The molecule has 0 atom stereocenters. The maximum absolute atomic E-state index is 12.0. The second-order valence-electron chi connectivity index (χ2n) is 6.51. The minimum absolute atomic E-state index is 0.339. The highest BCUT2D eigenvalue weighted by molar-refractivity contribution is 5.90. The molecule has 0 saturated heterocycles. The van der Waals surface area contributed by atoms with E-state index >= 15 is 0 Å². The normalized spacial score (nSPS) is 10.5. The lowest BCUT2D eigenvalue weighted by atomic mass is 10.1. The van der Waals surface area contributed by atoms with Crippen molar-refractivity contribution in [1.82, 2.24) is 4.90 Å². The second kappa shape index (κ2) is 12.3. The van der Waals surface area contributed by atoms with E-state index in [0.29, 0.717) is 24.3 Å². The van der Waals surface area contributed by atoms with Gasteiger partial charge in [0.15, 0.2) is 0 Å². The molecule has 0 aromatic heterocycles. The van der Waals surface area contributed by atoms with Crippen molar-refractivity contribution in [3.8, 4) is 6.07 Å². The Kier molecular flexibility index (Phi) is 10.3. The van der Waals surface area contributed by atoms with Crippen LogP contribution in [-0.4, -0.2) is 44.7 Å². The van der Waals surface area contributed by atoms with Gasteiger partial charge in [0.2, 0.25) is 0 Å². The van der Waals surface area contributed by atoms with Gasteiger partial charge >= 0.3 is 5.97 Å². The van der Waals surface area contributed by atoms with Gasteiger partial charge in [0.05, 0.1) is 16.8 Å². The number of benzene rings is 1. The first-order chi connectivity index (χ1) is 12.1. The van der Waals surface area contributed by atoms with Gasteiger partial charge in [0, 0.05) is 13.1 Å². The van der Waals surface area contributed by atoms with Gasteiger partial charge in [-0.25, -0.2) is 4.79 Å². The standard InChI is InChI=1S/C20H31N3O2/c1-4-5-6-7-8-9-12-22-19-11-10-17(15-18(19)16-21)20(24)25-14-13-23(2)3/h10-11,15,22H,4-9,12-14H2,1-3H3. The highest BCUT2D eigenvalue weighted by Gasteiger charge is 2.11. The minimum Gasteiger partial charge on any atom is -0.461 e. The number of carbonyl (C=O) groups is 1. The van der Waals surface area contributed by atoms with Crippen molar-refractivity contribution in [3.63, 3.8) is 0 Å². The number of nitrogens with one attached hydrogen (secondary N) is 1. The summed E-state index contributed by atoms with van der Waals surface area (Å²) in [5.74, 6) is -0.388. The maximum Gasteiger partial charge on any atom is 0.338 e. The third-order valence-electron chi connectivity index (χ3n) is 3.99. The number of nitriles is 1. The maximum atomic E-state index is 12.0. The lowest BCUT2D eigenvalue weighted by Crippen LogP contribution is -2.20. The molecular weight excluding hydrogens is 314 g/mol. The number of likely N-dealkylation sites (N-methyl/N-ethyl adjacent to an activating group) is 1. The van der Waals surface area contributed by atoms with Gasteiger partial charge in [-0.2, -0.15) is 5.26 Å². The van der Waals surface area contributed by atoms with Gasteiger partial charge in [-0.1, -0.05) is 39.0 Å². The summed E-state index contributed by atoms with van der Waals surface area (Å²) in [4.78, 5) is 14.0. The molecule has 1 rings (SSSR count). The zero-order valence-corrected chi connectivity index (χ0v) is 15.8. The van der Waals surface area contributed by atoms with Crippen LogP contribution in [0.15, 0.2) is 18.2 Å². The van der Waals surface area contributed by atoms with Crippen LogP contribution in [-0.2, 0) is 4.74 Å². The molecule has 0 amide bonds. The Bertz CT molecular complexity index is 565. The molecule has 1 aromatic carbocycles. The third-order valence-corrected chi connectivity index (χ3v) is 3.99. The Morgan fingerprint density at radius 2 is 1.92 bits per heavy atom. The van der Waals surface area contributed by atoms with Crippen LogP contribution in [0, 0.1) is 11.3 Å². The van der Waals surface area contributed by atoms with Gasteiger partial charge in [0.1, 0.15) is 12.7 Å². The fourth-order valence-corrected chi connectivity index (χ4v) is 2.45. The molecular formula is C20H31N3O2. The fourth-order valence-electron chi connectivity index (χ4n) is 2.45. The van der Waals surface area contributed by atoms with Crippen LogP contribution in [0.2, 0.25) is 0 Å². The highest BCUT2D eigenvalue weighted by Crippen LogP contribution is 2.18. The Morgan fingerprint density at radius 1 is 1.20 bits per heavy atom. The van der Waals surface area contributed by atoms with E-state index in [-0.39, 0.29) is 5.97 Å². The summed E-state index contributed by atoms with van der Waals surface area (Å²) in [6.07, 6.45) is 7.41. The fraction of sp³-hybridized carbons (Fsp3) is 0.600. The first-order valence-electron chi connectivity index (χ1n) is 9.18. The first kappa shape index (κ1) is 21.0. The lowest BCUT2D eigenvalue weighted by Gasteiger charge is -2.11. The van der Waals surface area contributed by atoms with Crippen LogP contribution in [0.4, 0.5) is 5.69 Å². The van der Waals surface area contributed by atoms with Gasteiger partial charge in [0.25, 0.3) is 0 Å². The quantitative estimate of drug-likeness (QED) is 0.457. The van der Waals surface area contributed by atoms with E-state index in [1.807, 2.05) is 19.0 Å². The van der Waals surface area contributed by atoms with Crippen LogP contribution in [0.1, 0.15) is 61.4 Å². The predicted molar refractivity (Wildman–Crippen MR) is 102 cm³/mol. The number of carbonyl (C=O) groups excluding carboxylic acids is 1. The third kappa shape index (κ3) is 8.55. The van der Waals surface area contributed by atoms with Crippen LogP contribution >= 0.6 is 0 Å². The minimum atomic E-state index is -0.388. The van der Waals surface area contributed by atoms with Gasteiger partial charge < -0.3 is 15.0 Å². The number of hydrogen-bond acceptors (Lipinski definition) is 5. The summed E-state index contributed by atoms with van der Waals surface area (Å²) < 4.78 is 5.21. The number of unbranched alkanes of at least 4 members (excludes halogenated alkanes) is 5. The summed E-state index contributed by atoms with van der Waals surface area (Å²) in [6, 6.07) is 7.25. The summed E-state index contributed by atoms with van der Waals surface area (Å²) >= 11 is 0. The molecule has 0 aliphatic rings. The van der Waals surface area contributed by atoms with Gasteiger partial charge in [-0.3, -0.25) is 0 Å². The molecule has 0 aliphatic heterocycles. The summed E-state index contributed by atoms with van der Waals surface area (Å²) in [7, 11) is 3.85. The average Bonchev–Trinajstić information content (AvgIpc) is 2.60. The van der Waals surface area contributed by atoms with Crippen LogP contribution in [0.5, 0.6) is 0 Å². The van der Waals surface area contributed by atoms with E-state index in [2.05, 4.69) is 18.3 Å². The number of nitrogens with zero attached hydrogens (tertiary/aromatic N) is 2. The van der Waals surface area contributed by atoms with E-state index in [1.54, 1.807) is 18.2 Å². The van der Waals surface area contributed by atoms with Crippen molar-refractivity contribution in [2.45, 2.75) is 45.4 Å². The lowest BCUT2D eigenvalue weighted by molar-refractivity contribution is 0.0482. The molecule has 5 heteroatoms. The molecule has 0 bridgehead atoms. The first-order valence-corrected chi connectivity index (χ1v) is 9.18. The number of rotatable bonds is 12. The van der Waals surface area contributed by atoms with E-state index in [1.165, 1.54) is 32.1 Å². The molecule has 0 saturated carbocycles. The molecule has 25 heavy (non-hydrogen) atoms. The Balaban J connectivity index is 2.46. The number of esters is 1. The van der Waals surface area contributed by atoms with E-state index in [4.69, 9.17) is 4.74 Å². The van der Waals surface area contributed by atoms with Crippen molar-refractivity contribution in [1.29, 1.82) is 5.26 Å². The smallest absolute Gasteiger partial charge is 0.338 e. The van der Waals surface area contributed by atoms with Crippen molar-refractivity contribution in [2.24, 2.45) is 0 Å². The molecule has 0 unspecified atom stereocenters. The van der Waals surface area contributed by atoms with Crippen molar-refractivity contribution >= 4 is 11.7 Å². The summed E-state index contributed by atoms with van der Waals surface area (Å²) in [6.45, 7) is 4.07.